The van der Waals surface area contributed by atoms with E-state index in [-0.39, 0.29) is 0 Å². The van der Waals surface area contributed by atoms with Crippen LogP contribution in [0.25, 0.3) is 0 Å². The van der Waals surface area contributed by atoms with Gasteiger partial charge >= 0.3 is 0 Å². The summed E-state index contributed by atoms with van der Waals surface area (Å²) in [4.78, 5) is 2.36. The van der Waals surface area contributed by atoms with Crippen LogP contribution in [0.15, 0.2) is 6.07 Å². The van der Waals surface area contributed by atoms with Gasteiger partial charge in [-0.3, -0.25) is 0 Å². The molecule has 0 aromatic carbocycles. The minimum absolute atomic E-state index is 1.05. The van der Waals surface area contributed by atoms with E-state index in [0.29, 0.717) is 0 Å². The van der Waals surface area contributed by atoms with Crippen molar-refractivity contribution < 1.29 is 0 Å². The number of nitrogens with one attached hydrogen (secondary N) is 1. The van der Waals surface area contributed by atoms with Crippen molar-refractivity contribution in [2.75, 3.05) is 31.1 Å². The molecule has 1 aliphatic heterocycles. The smallest absolute Gasteiger partial charge is 0.151 e. The first-order chi connectivity index (χ1) is 8.43. The first-order valence-corrected chi connectivity index (χ1v) is 6.74. The molecule has 3 rings (SSSR count). The third-order valence-corrected chi connectivity index (χ3v) is 3.72. The Labute approximate surface area is 102 Å². The minimum atomic E-state index is 1.05. The van der Waals surface area contributed by atoms with Gasteiger partial charge in [-0.2, -0.15) is 5.10 Å². The third kappa shape index (κ3) is 2.41. The maximum atomic E-state index is 4.41. The zero-order valence-corrected chi connectivity index (χ0v) is 10.3. The van der Waals surface area contributed by atoms with E-state index in [1.807, 2.05) is 0 Å². The highest BCUT2D eigenvalue weighted by molar-refractivity contribution is 5.42. The van der Waals surface area contributed by atoms with E-state index >= 15 is 0 Å². The van der Waals surface area contributed by atoms with Crippen molar-refractivity contribution in [2.45, 2.75) is 32.1 Å². The number of hydrogen-bond acceptors (Lipinski definition) is 4. The number of rotatable bonds is 1. The van der Waals surface area contributed by atoms with Crippen molar-refractivity contribution in [3.63, 3.8) is 0 Å². The van der Waals surface area contributed by atoms with E-state index in [4.69, 9.17) is 0 Å². The molecule has 1 fully saturated rings. The summed E-state index contributed by atoms with van der Waals surface area (Å²) in [6, 6.07) is 2.27. The molecule has 0 unspecified atom stereocenters. The van der Waals surface area contributed by atoms with Gasteiger partial charge in [-0.05, 0) is 50.3 Å². The maximum absolute atomic E-state index is 4.41. The predicted molar refractivity (Wildman–Crippen MR) is 68.4 cm³/mol. The average Bonchev–Trinajstić information content (AvgIpc) is 2.67. The Kier molecular flexibility index (Phi) is 3.22. The van der Waals surface area contributed by atoms with Gasteiger partial charge in [0, 0.05) is 19.6 Å². The summed E-state index contributed by atoms with van der Waals surface area (Å²) in [6.07, 6.45) is 6.07. The molecule has 0 radical (unpaired) electrons. The van der Waals surface area contributed by atoms with Gasteiger partial charge in [0.1, 0.15) is 0 Å². The van der Waals surface area contributed by atoms with E-state index in [0.717, 1.165) is 38.4 Å². The second-order valence-electron chi connectivity index (χ2n) is 4.97. The van der Waals surface area contributed by atoms with Gasteiger partial charge in [0.25, 0.3) is 0 Å². The fourth-order valence-corrected chi connectivity index (χ4v) is 2.71. The highest BCUT2D eigenvalue weighted by Gasteiger charge is 2.16. The summed E-state index contributed by atoms with van der Waals surface area (Å²) in [7, 11) is 0. The van der Waals surface area contributed by atoms with Crippen LogP contribution in [0.5, 0.6) is 0 Å². The molecule has 4 nitrogen and oxygen atoms in total. The summed E-state index contributed by atoms with van der Waals surface area (Å²) in [5, 5.41) is 12.2. The Hall–Kier alpha value is -1.16. The number of hydrogen-bond donors (Lipinski definition) is 1. The van der Waals surface area contributed by atoms with Gasteiger partial charge in [0.15, 0.2) is 5.82 Å². The number of anilines is 1. The molecule has 17 heavy (non-hydrogen) atoms. The number of aryl methyl sites for hydroxylation is 2. The molecular weight excluding hydrogens is 212 g/mol. The van der Waals surface area contributed by atoms with Gasteiger partial charge in [-0.1, -0.05) is 0 Å². The molecule has 4 heteroatoms. The van der Waals surface area contributed by atoms with Gasteiger partial charge in [0.2, 0.25) is 0 Å². The molecule has 0 bridgehead atoms. The largest absolute Gasteiger partial charge is 0.354 e. The molecule has 0 spiro atoms. The van der Waals surface area contributed by atoms with Gasteiger partial charge < -0.3 is 10.2 Å². The third-order valence-electron chi connectivity index (χ3n) is 3.72. The van der Waals surface area contributed by atoms with E-state index in [1.165, 1.54) is 36.9 Å². The summed E-state index contributed by atoms with van der Waals surface area (Å²) in [5.41, 5.74) is 2.66. The number of aromatic nitrogens is 2. The van der Waals surface area contributed by atoms with Crippen molar-refractivity contribution in [1.82, 2.24) is 15.5 Å². The van der Waals surface area contributed by atoms with Gasteiger partial charge in [-0.25, -0.2) is 0 Å². The van der Waals surface area contributed by atoms with Gasteiger partial charge in [-0.15, -0.1) is 5.10 Å². The molecule has 0 saturated carbocycles. The zero-order valence-electron chi connectivity index (χ0n) is 10.3. The predicted octanol–water partition coefficient (Wildman–Crippen LogP) is 1.16. The van der Waals surface area contributed by atoms with E-state index in [1.54, 1.807) is 0 Å². The maximum Gasteiger partial charge on any atom is 0.151 e. The fourth-order valence-electron chi connectivity index (χ4n) is 2.71. The molecule has 1 aromatic heterocycles. The highest BCUT2D eigenvalue weighted by Crippen LogP contribution is 2.22. The highest BCUT2D eigenvalue weighted by atomic mass is 15.3. The molecule has 0 amide bonds. The summed E-state index contributed by atoms with van der Waals surface area (Å²) >= 11 is 0. The minimum Gasteiger partial charge on any atom is -0.354 e. The fraction of sp³-hybridized carbons (Fsp3) is 0.692. The first-order valence-electron chi connectivity index (χ1n) is 6.74. The van der Waals surface area contributed by atoms with Crippen LogP contribution in [-0.2, 0) is 12.8 Å². The molecule has 92 valence electrons. The van der Waals surface area contributed by atoms with Crippen LogP contribution in [-0.4, -0.2) is 36.4 Å². The number of nitrogens with zero attached hydrogens (tertiary/aromatic N) is 3. The SMILES string of the molecule is c1c(N2CCCNCC2)nnc2c1CCCC2. The quantitative estimate of drug-likeness (QED) is 0.789. The lowest BCUT2D eigenvalue weighted by atomic mass is 9.97. The van der Waals surface area contributed by atoms with Crippen molar-refractivity contribution in [1.29, 1.82) is 0 Å². The Bertz CT molecular complexity index is 383. The first kappa shape index (κ1) is 11.0. The Morgan fingerprint density at radius 1 is 1.00 bits per heavy atom. The molecule has 1 aromatic rings. The molecule has 1 aliphatic carbocycles. The van der Waals surface area contributed by atoms with Crippen molar-refractivity contribution in [3.8, 4) is 0 Å². The van der Waals surface area contributed by atoms with E-state index < -0.39 is 0 Å². The van der Waals surface area contributed by atoms with Crippen LogP contribution >= 0.6 is 0 Å². The number of fused-ring (bicyclic) bond motifs is 1. The second-order valence-corrected chi connectivity index (χ2v) is 4.97. The summed E-state index contributed by atoms with van der Waals surface area (Å²) in [5.74, 6) is 1.08. The zero-order chi connectivity index (χ0) is 11.5. The van der Waals surface area contributed by atoms with Crippen molar-refractivity contribution in [2.24, 2.45) is 0 Å². The van der Waals surface area contributed by atoms with Crippen LogP contribution in [0.4, 0.5) is 5.82 Å². The van der Waals surface area contributed by atoms with E-state index in [9.17, 15) is 0 Å². The Balaban J connectivity index is 1.82. The lowest BCUT2D eigenvalue weighted by molar-refractivity contribution is 0.650. The van der Waals surface area contributed by atoms with E-state index in [2.05, 4.69) is 26.5 Å². The lowest BCUT2D eigenvalue weighted by Crippen LogP contribution is -2.29. The summed E-state index contributed by atoms with van der Waals surface area (Å²) < 4.78 is 0. The normalized spacial score (nSPS) is 20.8. The topological polar surface area (TPSA) is 41.0 Å². The average molecular weight is 232 g/mol. The standard InChI is InChI=1S/C13H20N4/c1-2-5-12-11(4-1)10-13(16-15-12)17-8-3-6-14-7-9-17/h10,14H,1-9H2. The molecule has 1 saturated heterocycles. The molecule has 1 N–H and O–H groups in total. The lowest BCUT2D eigenvalue weighted by Gasteiger charge is -2.22. The molecule has 2 aliphatic rings. The van der Waals surface area contributed by atoms with Crippen molar-refractivity contribution >= 4 is 5.82 Å². The van der Waals surface area contributed by atoms with Crippen LogP contribution in [0.1, 0.15) is 30.5 Å². The van der Waals surface area contributed by atoms with Crippen LogP contribution < -0.4 is 10.2 Å². The summed E-state index contributed by atoms with van der Waals surface area (Å²) in [6.45, 7) is 4.32. The van der Waals surface area contributed by atoms with Gasteiger partial charge in [0.05, 0.1) is 5.69 Å². The van der Waals surface area contributed by atoms with Crippen LogP contribution in [0.3, 0.4) is 0 Å². The molecular formula is C13H20N4. The Morgan fingerprint density at radius 3 is 2.94 bits per heavy atom. The Morgan fingerprint density at radius 2 is 1.94 bits per heavy atom. The molecule has 2 heterocycles. The van der Waals surface area contributed by atoms with Crippen LogP contribution in [0, 0.1) is 0 Å². The van der Waals surface area contributed by atoms with Crippen LogP contribution in [0.2, 0.25) is 0 Å². The monoisotopic (exact) mass is 232 g/mol. The van der Waals surface area contributed by atoms with Crippen molar-refractivity contribution in [3.05, 3.63) is 17.3 Å². The second kappa shape index (κ2) is 5.00. The molecule has 0 atom stereocenters.